The molecule has 13 heavy (non-hydrogen) atoms. The van der Waals surface area contributed by atoms with E-state index in [1.54, 1.807) is 6.07 Å². The van der Waals surface area contributed by atoms with Crippen molar-refractivity contribution in [2.24, 2.45) is 0 Å². The first-order chi connectivity index (χ1) is 6.07. The Hall–Kier alpha value is 0.870. The summed E-state index contributed by atoms with van der Waals surface area (Å²) in [5, 5.41) is 0.898. The molecule has 0 aromatic heterocycles. The van der Waals surface area contributed by atoms with Gasteiger partial charge in [-0.05, 0) is 50.7 Å². The maximum atomic E-state index is 11.4. The van der Waals surface area contributed by atoms with Crippen LogP contribution in [0.4, 0.5) is 0 Å². The average Bonchev–Trinajstić information content (AvgIpc) is 2.13. The van der Waals surface area contributed by atoms with Gasteiger partial charge in [-0.25, -0.2) is 0 Å². The Balaban J connectivity index is 3.26. The minimum Gasteiger partial charge on any atom is -0.293 e. The zero-order valence-electron chi connectivity index (χ0n) is 6.28. The molecule has 70 valence electrons. The summed E-state index contributed by atoms with van der Waals surface area (Å²) in [6.45, 7) is 0. The highest BCUT2D eigenvalue weighted by atomic mass is 127. The second-order valence-corrected chi connectivity index (χ2v) is 5.17. The minimum atomic E-state index is 0.0187. The van der Waals surface area contributed by atoms with E-state index in [0.717, 1.165) is 3.57 Å². The molecule has 1 rings (SSSR count). The molecule has 1 aromatic rings. The SMILES string of the molecule is O=C(CBr)c1ccc(I)c(Cl)c1Br. The van der Waals surface area contributed by atoms with Gasteiger partial charge < -0.3 is 0 Å². The van der Waals surface area contributed by atoms with E-state index < -0.39 is 0 Å². The van der Waals surface area contributed by atoms with Crippen LogP contribution < -0.4 is 0 Å². The van der Waals surface area contributed by atoms with Gasteiger partial charge in [0.25, 0.3) is 0 Å². The molecule has 0 atom stereocenters. The first kappa shape index (κ1) is 11.9. The van der Waals surface area contributed by atoms with E-state index in [9.17, 15) is 4.79 Å². The third kappa shape index (κ3) is 2.67. The van der Waals surface area contributed by atoms with Crippen LogP contribution in [0.5, 0.6) is 0 Å². The molecule has 5 heteroatoms. The first-order valence-electron chi connectivity index (χ1n) is 3.30. The molecular weight excluding hydrogens is 434 g/mol. The standard InChI is InChI=1S/C8H4Br2ClIO/c9-3-6(13)4-1-2-5(12)8(11)7(4)10/h1-2H,3H2. The third-order valence-electron chi connectivity index (χ3n) is 1.46. The summed E-state index contributed by atoms with van der Waals surface area (Å²) in [5.74, 6) is 0.0187. The lowest BCUT2D eigenvalue weighted by atomic mass is 10.1. The van der Waals surface area contributed by atoms with Crippen LogP contribution in [0, 0.1) is 3.57 Å². The summed E-state index contributed by atoms with van der Waals surface area (Å²) >= 11 is 14.5. The Kier molecular flexibility index (Phi) is 4.68. The van der Waals surface area contributed by atoms with E-state index in [1.165, 1.54) is 0 Å². The Morgan fingerprint density at radius 3 is 2.69 bits per heavy atom. The molecule has 0 fully saturated rings. The number of hydrogen-bond donors (Lipinski definition) is 0. The number of hydrogen-bond acceptors (Lipinski definition) is 1. The predicted molar refractivity (Wildman–Crippen MR) is 70.0 cm³/mol. The highest BCUT2D eigenvalue weighted by Crippen LogP contribution is 2.31. The summed E-state index contributed by atoms with van der Waals surface area (Å²) in [6.07, 6.45) is 0. The van der Waals surface area contributed by atoms with Gasteiger partial charge >= 0.3 is 0 Å². The molecule has 0 saturated heterocycles. The van der Waals surface area contributed by atoms with Gasteiger partial charge in [0.15, 0.2) is 5.78 Å². The molecule has 0 N–H and O–H groups in total. The summed E-state index contributed by atoms with van der Waals surface area (Å²) in [5.41, 5.74) is 0.613. The first-order valence-corrected chi connectivity index (χ1v) is 6.67. The summed E-state index contributed by atoms with van der Waals surface area (Å²) in [4.78, 5) is 11.4. The normalized spacial score (nSPS) is 10.2. The average molecular weight is 438 g/mol. The monoisotopic (exact) mass is 436 g/mol. The molecule has 0 saturated carbocycles. The Morgan fingerprint density at radius 1 is 1.54 bits per heavy atom. The second kappa shape index (κ2) is 5.09. The van der Waals surface area contributed by atoms with Crippen LogP contribution in [0.3, 0.4) is 0 Å². The van der Waals surface area contributed by atoms with E-state index in [4.69, 9.17) is 11.6 Å². The molecule has 1 aromatic carbocycles. The summed E-state index contributed by atoms with van der Waals surface area (Å²) in [7, 11) is 0. The van der Waals surface area contributed by atoms with E-state index in [-0.39, 0.29) is 5.78 Å². The molecule has 0 bridgehead atoms. The number of carbonyl (C=O) groups is 1. The number of rotatable bonds is 2. The van der Waals surface area contributed by atoms with E-state index in [1.807, 2.05) is 6.07 Å². The van der Waals surface area contributed by atoms with Gasteiger partial charge in [0.1, 0.15) is 0 Å². The largest absolute Gasteiger partial charge is 0.293 e. The van der Waals surface area contributed by atoms with Gasteiger partial charge in [-0.1, -0.05) is 27.5 Å². The smallest absolute Gasteiger partial charge is 0.174 e. The zero-order valence-corrected chi connectivity index (χ0v) is 12.4. The number of halogens is 4. The van der Waals surface area contributed by atoms with Gasteiger partial charge in [0.05, 0.1) is 10.4 Å². The topological polar surface area (TPSA) is 17.1 Å². The molecule has 0 aliphatic rings. The molecule has 0 aliphatic heterocycles. The number of ketones is 1. The van der Waals surface area contributed by atoms with Crippen molar-refractivity contribution in [2.75, 3.05) is 5.33 Å². The highest BCUT2D eigenvalue weighted by Gasteiger charge is 2.12. The van der Waals surface area contributed by atoms with Crippen molar-refractivity contribution in [3.8, 4) is 0 Å². The van der Waals surface area contributed by atoms with E-state index >= 15 is 0 Å². The van der Waals surface area contributed by atoms with Gasteiger partial charge in [-0.3, -0.25) is 4.79 Å². The molecule has 0 aliphatic carbocycles. The number of alkyl halides is 1. The fourth-order valence-corrected chi connectivity index (χ4v) is 2.67. The quantitative estimate of drug-likeness (QED) is 0.292. The second-order valence-electron chi connectivity index (χ2n) is 2.28. The highest BCUT2D eigenvalue weighted by molar-refractivity contribution is 14.1. The van der Waals surface area contributed by atoms with Crippen molar-refractivity contribution in [3.63, 3.8) is 0 Å². The summed E-state index contributed by atoms with van der Waals surface area (Å²) in [6, 6.07) is 3.59. The van der Waals surface area contributed by atoms with Crippen molar-refractivity contribution in [1.82, 2.24) is 0 Å². The van der Waals surface area contributed by atoms with Crippen LogP contribution in [0.25, 0.3) is 0 Å². The maximum absolute atomic E-state index is 11.4. The fraction of sp³-hybridized carbons (Fsp3) is 0.125. The lowest BCUT2D eigenvalue weighted by Gasteiger charge is -2.04. The fourth-order valence-electron chi connectivity index (χ4n) is 0.813. The van der Waals surface area contributed by atoms with Crippen molar-refractivity contribution in [1.29, 1.82) is 0 Å². The van der Waals surface area contributed by atoms with E-state index in [2.05, 4.69) is 54.5 Å². The molecule has 0 heterocycles. The van der Waals surface area contributed by atoms with Crippen LogP contribution in [-0.4, -0.2) is 11.1 Å². The van der Waals surface area contributed by atoms with Crippen LogP contribution in [0.2, 0.25) is 5.02 Å². The molecule has 1 nitrogen and oxygen atoms in total. The Bertz CT molecular complexity index is 354. The van der Waals surface area contributed by atoms with Crippen molar-refractivity contribution in [2.45, 2.75) is 0 Å². The Labute approximate surface area is 112 Å². The number of benzene rings is 1. The van der Waals surface area contributed by atoms with Gasteiger partial charge in [0, 0.05) is 13.6 Å². The van der Waals surface area contributed by atoms with Crippen LogP contribution in [0.15, 0.2) is 16.6 Å². The zero-order chi connectivity index (χ0) is 10.0. The van der Waals surface area contributed by atoms with Crippen molar-refractivity contribution < 1.29 is 4.79 Å². The lowest BCUT2D eigenvalue weighted by molar-refractivity contribution is 0.102. The van der Waals surface area contributed by atoms with Crippen LogP contribution in [0.1, 0.15) is 10.4 Å². The molecule has 0 spiro atoms. The Morgan fingerprint density at radius 2 is 2.15 bits per heavy atom. The molecular formula is C8H4Br2ClIO. The summed E-state index contributed by atoms with van der Waals surface area (Å²) < 4.78 is 1.60. The predicted octanol–water partition coefficient (Wildman–Crippen LogP) is 4.28. The number of carbonyl (C=O) groups excluding carboxylic acids is 1. The molecule has 0 unspecified atom stereocenters. The van der Waals surface area contributed by atoms with E-state index in [0.29, 0.717) is 20.4 Å². The minimum absolute atomic E-state index is 0.0187. The maximum Gasteiger partial charge on any atom is 0.174 e. The lowest BCUT2D eigenvalue weighted by Crippen LogP contribution is -2.01. The molecule has 0 amide bonds. The van der Waals surface area contributed by atoms with Crippen molar-refractivity contribution >= 4 is 71.8 Å². The van der Waals surface area contributed by atoms with Gasteiger partial charge in [0.2, 0.25) is 0 Å². The number of Topliss-reactive ketones (excluding diaryl/α,β-unsaturated/α-hetero) is 1. The van der Waals surface area contributed by atoms with Crippen LogP contribution >= 0.6 is 66.1 Å². The van der Waals surface area contributed by atoms with Gasteiger partial charge in [-0.15, -0.1) is 0 Å². The van der Waals surface area contributed by atoms with Crippen LogP contribution in [-0.2, 0) is 0 Å². The van der Waals surface area contributed by atoms with Gasteiger partial charge in [-0.2, -0.15) is 0 Å². The van der Waals surface area contributed by atoms with Crippen molar-refractivity contribution in [3.05, 3.63) is 30.8 Å². The molecule has 0 radical (unpaired) electrons. The third-order valence-corrected chi connectivity index (χ3v) is 4.63.